The number of anilines is 2. The van der Waals surface area contributed by atoms with Crippen LogP contribution < -0.4 is 10.2 Å². The van der Waals surface area contributed by atoms with Crippen LogP contribution >= 0.6 is 0 Å². The summed E-state index contributed by atoms with van der Waals surface area (Å²) in [6.45, 7) is 8.99. The second-order valence-corrected chi connectivity index (χ2v) is 4.92. The van der Waals surface area contributed by atoms with E-state index >= 15 is 0 Å². The summed E-state index contributed by atoms with van der Waals surface area (Å²) in [7, 11) is 0. The van der Waals surface area contributed by atoms with Crippen molar-refractivity contribution in [2.75, 3.05) is 23.3 Å². The van der Waals surface area contributed by atoms with E-state index in [1.54, 1.807) is 0 Å². The molecule has 2 nitrogen and oxygen atoms in total. The second-order valence-electron chi connectivity index (χ2n) is 4.92. The lowest BCUT2D eigenvalue weighted by Gasteiger charge is -2.31. The van der Waals surface area contributed by atoms with Crippen molar-refractivity contribution in [1.82, 2.24) is 0 Å². The van der Waals surface area contributed by atoms with Crippen molar-refractivity contribution in [1.29, 1.82) is 0 Å². The number of fused-ring (bicyclic) bond motifs is 1. The maximum Gasteiger partial charge on any atom is 0.0393 e. The van der Waals surface area contributed by atoms with Gasteiger partial charge in [-0.15, -0.1) is 0 Å². The number of benzene rings is 1. The maximum atomic E-state index is 3.51. The summed E-state index contributed by atoms with van der Waals surface area (Å²) in [6.07, 6.45) is 3.67. The van der Waals surface area contributed by atoms with Gasteiger partial charge in [-0.1, -0.05) is 13.0 Å². The molecule has 1 aliphatic heterocycles. The molecule has 1 unspecified atom stereocenters. The first kappa shape index (κ1) is 12.3. The fourth-order valence-electron chi connectivity index (χ4n) is 2.60. The monoisotopic (exact) mass is 232 g/mol. The molecule has 1 aromatic rings. The molecule has 94 valence electrons. The third-order valence-electron chi connectivity index (χ3n) is 3.83. The van der Waals surface area contributed by atoms with Gasteiger partial charge < -0.3 is 10.2 Å². The Morgan fingerprint density at radius 1 is 1.35 bits per heavy atom. The maximum absolute atomic E-state index is 3.51. The quantitative estimate of drug-likeness (QED) is 0.852. The molecule has 1 aliphatic rings. The molecule has 0 aromatic heterocycles. The molecule has 0 saturated heterocycles. The highest BCUT2D eigenvalue weighted by molar-refractivity contribution is 5.63. The van der Waals surface area contributed by atoms with Crippen LogP contribution in [0, 0.1) is 0 Å². The zero-order valence-electron chi connectivity index (χ0n) is 11.3. The Kier molecular flexibility index (Phi) is 3.93. The van der Waals surface area contributed by atoms with E-state index < -0.39 is 0 Å². The van der Waals surface area contributed by atoms with Gasteiger partial charge >= 0.3 is 0 Å². The Bertz CT molecular complexity index is 373. The molecule has 0 amide bonds. The zero-order valence-corrected chi connectivity index (χ0v) is 11.3. The van der Waals surface area contributed by atoms with Crippen LogP contribution in [0.2, 0.25) is 0 Å². The van der Waals surface area contributed by atoms with Gasteiger partial charge in [-0.3, -0.25) is 0 Å². The predicted molar refractivity (Wildman–Crippen MR) is 76.0 cm³/mol. The van der Waals surface area contributed by atoms with Crippen molar-refractivity contribution in [2.24, 2.45) is 0 Å². The largest absolute Gasteiger partial charge is 0.385 e. The van der Waals surface area contributed by atoms with Crippen LogP contribution in [-0.4, -0.2) is 19.1 Å². The minimum absolute atomic E-state index is 0.613. The number of hydrogen-bond acceptors (Lipinski definition) is 2. The highest BCUT2D eigenvalue weighted by Crippen LogP contribution is 2.28. The number of rotatable bonds is 4. The fourth-order valence-corrected chi connectivity index (χ4v) is 2.60. The molecule has 0 saturated carbocycles. The van der Waals surface area contributed by atoms with Crippen LogP contribution in [0.25, 0.3) is 0 Å². The Morgan fingerprint density at radius 3 is 2.88 bits per heavy atom. The van der Waals surface area contributed by atoms with Gasteiger partial charge in [0.2, 0.25) is 0 Å². The van der Waals surface area contributed by atoms with Crippen LogP contribution in [0.5, 0.6) is 0 Å². The van der Waals surface area contributed by atoms with Crippen molar-refractivity contribution in [3.8, 4) is 0 Å². The lowest BCUT2D eigenvalue weighted by atomic mass is 10.0. The fraction of sp³-hybridized carbons (Fsp3) is 0.600. The van der Waals surface area contributed by atoms with E-state index in [1.807, 2.05) is 0 Å². The first-order chi connectivity index (χ1) is 8.26. The van der Waals surface area contributed by atoms with E-state index in [0.717, 1.165) is 13.1 Å². The lowest BCUT2D eigenvalue weighted by molar-refractivity contribution is 0.630. The van der Waals surface area contributed by atoms with Gasteiger partial charge in [0.25, 0.3) is 0 Å². The molecule has 0 fully saturated rings. The smallest absolute Gasteiger partial charge is 0.0393 e. The van der Waals surface area contributed by atoms with E-state index in [9.17, 15) is 0 Å². The van der Waals surface area contributed by atoms with Crippen LogP contribution in [0.1, 0.15) is 39.2 Å². The van der Waals surface area contributed by atoms with E-state index in [2.05, 4.69) is 49.2 Å². The van der Waals surface area contributed by atoms with Gasteiger partial charge in [-0.05, 0) is 50.8 Å². The minimum Gasteiger partial charge on any atom is -0.385 e. The number of aryl methyl sites for hydroxylation is 1. The molecule has 2 heteroatoms. The molecule has 0 radical (unpaired) electrons. The van der Waals surface area contributed by atoms with Crippen molar-refractivity contribution in [3.63, 3.8) is 0 Å². The van der Waals surface area contributed by atoms with Crippen molar-refractivity contribution in [2.45, 2.75) is 46.1 Å². The summed E-state index contributed by atoms with van der Waals surface area (Å²) in [5.41, 5.74) is 4.17. The number of nitrogens with one attached hydrogen (secondary N) is 1. The summed E-state index contributed by atoms with van der Waals surface area (Å²) in [5, 5.41) is 3.51. The average Bonchev–Trinajstić information content (AvgIpc) is 2.39. The molecular weight excluding hydrogens is 208 g/mol. The third-order valence-corrected chi connectivity index (χ3v) is 3.83. The summed E-state index contributed by atoms with van der Waals surface area (Å²) in [6, 6.07) is 7.51. The van der Waals surface area contributed by atoms with Crippen molar-refractivity contribution in [3.05, 3.63) is 23.8 Å². The normalized spacial score (nSPS) is 15.9. The molecule has 17 heavy (non-hydrogen) atoms. The Morgan fingerprint density at radius 2 is 2.18 bits per heavy atom. The number of hydrogen-bond donors (Lipinski definition) is 1. The van der Waals surface area contributed by atoms with Crippen molar-refractivity contribution < 1.29 is 0 Å². The first-order valence-corrected chi connectivity index (χ1v) is 6.89. The molecule has 1 heterocycles. The zero-order chi connectivity index (χ0) is 12.3. The van der Waals surface area contributed by atoms with E-state index in [1.165, 1.54) is 36.2 Å². The van der Waals surface area contributed by atoms with Gasteiger partial charge in [0.1, 0.15) is 0 Å². The minimum atomic E-state index is 0.613. The van der Waals surface area contributed by atoms with Crippen LogP contribution in [0.3, 0.4) is 0 Å². The lowest BCUT2D eigenvalue weighted by Crippen LogP contribution is -2.32. The van der Waals surface area contributed by atoms with Gasteiger partial charge in [0.05, 0.1) is 0 Å². The Hall–Kier alpha value is -1.18. The molecule has 0 bridgehead atoms. The van der Waals surface area contributed by atoms with E-state index in [-0.39, 0.29) is 0 Å². The molecule has 1 atom stereocenters. The third kappa shape index (κ3) is 2.56. The molecular formula is C15H24N2. The topological polar surface area (TPSA) is 15.3 Å². The standard InChI is InChI=1S/C15H24N2/c1-4-12(3)17(5-2)14-9-8-13-7-6-10-16-15(13)11-14/h8-9,11-12,16H,4-7,10H2,1-3H3. The van der Waals surface area contributed by atoms with E-state index in [4.69, 9.17) is 0 Å². The SMILES string of the molecule is CCC(C)N(CC)c1ccc2c(c1)NCCC2. The molecule has 0 spiro atoms. The highest BCUT2D eigenvalue weighted by atomic mass is 15.1. The van der Waals surface area contributed by atoms with Crippen LogP contribution in [-0.2, 0) is 6.42 Å². The van der Waals surface area contributed by atoms with Gasteiger partial charge in [0.15, 0.2) is 0 Å². The molecule has 1 aromatic carbocycles. The summed E-state index contributed by atoms with van der Waals surface area (Å²) in [4.78, 5) is 2.48. The molecule has 2 rings (SSSR count). The highest BCUT2D eigenvalue weighted by Gasteiger charge is 2.14. The molecule has 0 aliphatic carbocycles. The summed E-state index contributed by atoms with van der Waals surface area (Å²) in [5.74, 6) is 0. The average molecular weight is 232 g/mol. The van der Waals surface area contributed by atoms with Gasteiger partial charge in [-0.25, -0.2) is 0 Å². The summed E-state index contributed by atoms with van der Waals surface area (Å²) < 4.78 is 0. The summed E-state index contributed by atoms with van der Waals surface area (Å²) >= 11 is 0. The van der Waals surface area contributed by atoms with Crippen LogP contribution in [0.4, 0.5) is 11.4 Å². The van der Waals surface area contributed by atoms with Gasteiger partial charge in [0, 0.05) is 30.5 Å². The second kappa shape index (κ2) is 5.44. The number of nitrogens with zero attached hydrogens (tertiary/aromatic N) is 1. The Labute approximate surface area is 105 Å². The predicted octanol–water partition coefficient (Wildman–Crippen LogP) is 3.67. The van der Waals surface area contributed by atoms with Crippen molar-refractivity contribution >= 4 is 11.4 Å². The van der Waals surface area contributed by atoms with Gasteiger partial charge in [-0.2, -0.15) is 0 Å². The Balaban J connectivity index is 2.25. The van der Waals surface area contributed by atoms with Crippen LogP contribution in [0.15, 0.2) is 18.2 Å². The van der Waals surface area contributed by atoms with E-state index in [0.29, 0.717) is 6.04 Å². The first-order valence-electron chi connectivity index (χ1n) is 6.89. The molecule has 1 N–H and O–H groups in total.